The van der Waals surface area contributed by atoms with E-state index in [-0.39, 0.29) is 24.2 Å². The first kappa shape index (κ1) is 25.8. The topological polar surface area (TPSA) is 86.3 Å². The van der Waals surface area contributed by atoms with Gasteiger partial charge in [0.25, 0.3) is 0 Å². The van der Waals surface area contributed by atoms with Crippen LogP contribution in [0.25, 0.3) is 0 Å². The van der Waals surface area contributed by atoms with E-state index in [1.807, 2.05) is 75.4 Å². The minimum Gasteiger partial charge on any atom is -0.492 e. The molecule has 2 aromatic carbocycles. The maximum Gasteiger partial charge on any atom is 0.410 e. The smallest absolute Gasteiger partial charge is 0.410 e. The van der Waals surface area contributed by atoms with Crippen molar-refractivity contribution < 1.29 is 28.5 Å². The zero-order valence-corrected chi connectivity index (χ0v) is 21.3. The molecule has 36 heavy (non-hydrogen) atoms. The van der Waals surface area contributed by atoms with Crippen molar-refractivity contribution in [1.29, 1.82) is 0 Å². The largest absolute Gasteiger partial charge is 0.492 e. The summed E-state index contributed by atoms with van der Waals surface area (Å²) in [5, 5.41) is 2.69. The zero-order valence-electron chi connectivity index (χ0n) is 21.3. The minimum atomic E-state index is -0.469. The monoisotopic (exact) mass is 496 g/mol. The van der Waals surface area contributed by atoms with Gasteiger partial charge in [0.2, 0.25) is 0 Å². The van der Waals surface area contributed by atoms with Crippen LogP contribution in [0.2, 0.25) is 0 Å². The highest BCUT2D eigenvalue weighted by molar-refractivity contribution is 5.69. The van der Waals surface area contributed by atoms with Crippen molar-refractivity contribution in [2.45, 2.75) is 58.5 Å². The summed E-state index contributed by atoms with van der Waals surface area (Å²) in [5.41, 5.74) is 1.71. The molecule has 2 amide bonds. The maximum absolute atomic E-state index is 12.1. The first-order valence-electron chi connectivity index (χ1n) is 12.5. The predicted molar refractivity (Wildman–Crippen MR) is 135 cm³/mol. The minimum absolute atomic E-state index is 0.196. The summed E-state index contributed by atoms with van der Waals surface area (Å²) in [4.78, 5) is 25.7. The van der Waals surface area contributed by atoms with E-state index < -0.39 is 11.7 Å². The number of nitrogens with zero attached hydrogens (tertiary/aromatic N) is 1. The zero-order chi connectivity index (χ0) is 25.6. The molecule has 1 spiro atoms. The molecule has 1 N–H and O–H groups in total. The van der Waals surface area contributed by atoms with Gasteiger partial charge in [-0.15, -0.1) is 0 Å². The number of hydrogen-bond acceptors (Lipinski definition) is 6. The molecule has 2 aliphatic rings. The first-order valence-corrected chi connectivity index (χ1v) is 12.5. The van der Waals surface area contributed by atoms with Gasteiger partial charge in [-0.2, -0.15) is 0 Å². The second-order valence-electron chi connectivity index (χ2n) is 10.7. The van der Waals surface area contributed by atoms with Crippen molar-refractivity contribution in [3.63, 3.8) is 0 Å². The molecular weight excluding hydrogens is 460 g/mol. The Labute approximate surface area is 212 Å². The molecular formula is C28H36N2O6. The van der Waals surface area contributed by atoms with Crippen LogP contribution in [0.1, 0.15) is 44.7 Å². The van der Waals surface area contributed by atoms with E-state index in [9.17, 15) is 9.59 Å². The number of ether oxygens (including phenoxy) is 4. The number of amides is 2. The summed E-state index contributed by atoms with van der Waals surface area (Å²) in [5.74, 6) is 0.729. The van der Waals surface area contributed by atoms with Crippen molar-refractivity contribution >= 4 is 12.2 Å². The standard InChI is InChI=1S/C28H36N2O6/c1-27(2,3)36-26(32)30-19-28(20-30)15-24(16-28)34-18-22-10-7-11-23(14-22)33-13-12-29-25(31)35-17-21-8-5-4-6-9-21/h4-11,14,24H,12-13,15-20H2,1-3H3,(H,29,31). The lowest BCUT2D eigenvalue weighted by Crippen LogP contribution is -2.65. The van der Waals surface area contributed by atoms with Gasteiger partial charge in [-0.1, -0.05) is 42.5 Å². The summed E-state index contributed by atoms with van der Waals surface area (Å²) in [7, 11) is 0. The molecule has 8 nitrogen and oxygen atoms in total. The Morgan fingerprint density at radius 1 is 1.00 bits per heavy atom. The highest BCUT2D eigenvalue weighted by Crippen LogP contribution is 2.50. The summed E-state index contributed by atoms with van der Waals surface area (Å²) >= 11 is 0. The predicted octanol–water partition coefficient (Wildman–Crippen LogP) is 4.91. The second kappa shape index (κ2) is 11.2. The van der Waals surface area contributed by atoms with Crippen LogP contribution >= 0.6 is 0 Å². The summed E-state index contributed by atoms with van der Waals surface area (Å²) in [6.07, 6.45) is 1.45. The van der Waals surface area contributed by atoms with Crippen LogP contribution in [0.5, 0.6) is 5.75 Å². The van der Waals surface area contributed by atoms with Gasteiger partial charge < -0.3 is 29.2 Å². The molecule has 1 saturated heterocycles. The fourth-order valence-corrected chi connectivity index (χ4v) is 4.54. The molecule has 1 aliphatic heterocycles. The molecule has 8 heteroatoms. The van der Waals surface area contributed by atoms with Crippen LogP contribution in [0, 0.1) is 5.41 Å². The molecule has 1 aliphatic carbocycles. The van der Waals surface area contributed by atoms with Gasteiger partial charge in [0.05, 0.1) is 19.3 Å². The third-order valence-corrected chi connectivity index (χ3v) is 6.26. The van der Waals surface area contributed by atoms with Crippen LogP contribution in [0.3, 0.4) is 0 Å². The lowest BCUT2D eigenvalue weighted by Gasteiger charge is -2.58. The molecule has 4 rings (SSSR count). The molecule has 1 saturated carbocycles. The van der Waals surface area contributed by atoms with Crippen molar-refractivity contribution in [2.75, 3.05) is 26.2 Å². The number of hydrogen-bond donors (Lipinski definition) is 1. The summed E-state index contributed by atoms with van der Waals surface area (Å²) < 4.78 is 22.5. The number of carbonyl (C=O) groups is 2. The summed E-state index contributed by atoms with van der Waals surface area (Å²) in [6, 6.07) is 17.3. The van der Waals surface area contributed by atoms with Crippen LogP contribution in [-0.4, -0.2) is 55.0 Å². The van der Waals surface area contributed by atoms with Crippen LogP contribution in [0.15, 0.2) is 54.6 Å². The van der Waals surface area contributed by atoms with Crippen molar-refractivity contribution in [3.8, 4) is 5.75 Å². The van der Waals surface area contributed by atoms with E-state index in [4.69, 9.17) is 18.9 Å². The maximum atomic E-state index is 12.1. The normalized spacial score (nSPS) is 16.6. The van der Waals surface area contributed by atoms with Gasteiger partial charge in [-0.05, 0) is 56.9 Å². The highest BCUT2D eigenvalue weighted by atomic mass is 16.6. The lowest BCUT2D eigenvalue weighted by molar-refractivity contribution is -0.150. The van der Waals surface area contributed by atoms with E-state index in [1.54, 1.807) is 4.90 Å². The van der Waals surface area contributed by atoms with Gasteiger partial charge >= 0.3 is 12.2 Å². The molecule has 0 atom stereocenters. The van der Waals surface area contributed by atoms with Gasteiger partial charge in [0.1, 0.15) is 24.6 Å². The quantitative estimate of drug-likeness (QED) is 0.497. The average Bonchev–Trinajstić information content (AvgIpc) is 2.78. The van der Waals surface area contributed by atoms with Gasteiger partial charge in [-0.3, -0.25) is 0 Å². The Hall–Kier alpha value is -3.26. The SMILES string of the molecule is CC(C)(C)OC(=O)N1CC2(CC(OCc3cccc(OCCNC(=O)OCc4ccccc4)c3)C2)C1. The third-order valence-electron chi connectivity index (χ3n) is 6.26. The first-order chi connectivity index (χ1) is 17.2. The molecule has 0 bridgehead atoms. The van der Waals surface area contributed by atoms with Crippen molar-refractivity contribution in [3.05, 3.63) is 65.7 Å². The molecule has 0 unspecified atom stereocenters. The Morgan fingerprint density at radius 2 is 1.72 bits per heavy atom. The molecule has 0 aromatic heterocycles. The van der Waals surface area contributed by atoms with Crippen LogP contribution in [0.4, 0.5) is 9.59 Å². The number of rotatable bonds is 9. The second-order valence-corrected chi connectivity index (χ2v) is 10.7. The van der Waals surface area contributed by atoms with E-state index >= 15 is 0 Å². The fraction of sp³-hybridized carbons (Fsp3) is 0.500. The number of carbonyl (C=O) groups excluding carboxylic acids is 2. The van der Waals surface area contributed by atoms with Crippen molar-refractivity contribution in [1.82, 2.24) is 10.2 Å². The molecule has 0 radical (unpaired) electrons. The van der Waals surface area contributed by atoms with E-state index in [2.05, 4.69) is 5.32 Å². The van der Waals surface area contributed by atoms with Crippen LogP contribution < -0.4 is 10.1 Å². The number of alkyl carbamates (subject to hydrolysis) is 1. The molecule has 2 fully saturated rings. The summed E-state index contributed by atoms with van der Waals surface area (Å²) in [6.45, 7) is 8.58. The van der Waals surface area contributed by atoms with E-state index in [0.717, 1.165) is 42.8 Å². The van der Waals surface area contributed by atoms with Crippen LogP contribution in [-0.2, 0) is 27.4 Å². The fourth-order valence-electron chi connectivity index (χ4n) is 4.54. The molecule has 2 aromatic rings. The average molecular weight is 497 g/mol. The lowest BCUT2D eigenvalue weighted by atomic mass is 9.62. The number of likely N-dealkylation sites (tertiary alicyclic amines) is 1. The Kier molecular flexibility index (Phi) is 8.04. The Morgan fingerprint density at radius 3 is 2.44 bits per heavy atom. The Bertz CT molecular complexity index is 1020. The van der Waals surface area contributed by atoms with Gasteiger partial charge in [-0.25, -0.2) is 9.59 Å². The van der Waals surface area contributed by atoms with Gasteiger partial charge in [0.15, 0.2) is 0 Å². The third kappa shape index (κ3) is 7.37. The van der Waals surface area contributed by atoms with E-state index in [0.29, 0.717) is 19.8 Å². The molecule has 194 valence electrons. The number of benzene rings is 2. The van der Waals surface area contributed by atoms with Gasteiger partial charge in [0, 0.05) is 18.5 Å². The van der Waals surface area contributed by atoms with Crippen molar-refractivity contribution in [2.24, 2.45) is 5.41 Å². The highest BCUT2D eigenvalue weighted by Gasteiger charge is 2.54. The Balaban J connectivity index is 1.08. The number of nitrogens with one attached hydrogen (secondary N) is 1. The van der Waals surface area contributed by atoms with E-state index in [1.165, 1.54) is 0 Å². The molecule has 1 heterocycles.